The van der Waals surface area contributed by atoms with Crippen LogP contribution in [0, 0.1) is 18.3 Å². The first-order valence-corrected chi connectivity index (χ1v) is 10.3. The number of aromatic nitrogens is 1. The summed E-state index contributed by atoms with van der Waals surface area (Å²) in [5, 5.41) is 10.9. The lowest BCUT2D eigenvalue weighted by atomic mass is 9.83. The molecule has 2 heterocycles. The number of Topliss-reactive ketones (excluding diaryl/α,β-unsaturated/α-hetero) is 1. The lowest BCUT2D eigenvalue weighted by Crippen LogP contribution is -2.56. The van der Waals surface area contributed by atoms with Gasteiger partial charge in [-0.15, -0.1) is 0 Å². The minimum atomic E-state index is -1.51. The summed E-state index contributed by atoms with van der Waals surface area (Å²) in [7, 11) is 0. The number of carboxylic acids is 1. The molecule has 1 aromatic heterocycles. The number of ketones is 1. The highest BCUT2D eigenvalue weighted by molar-refractivity contribution is 6.21. The van der Waals surface area contributed by atoms with Gasteiger partial charge in [-0.25, -0.2) is 4.98 Å². The number of piperidine rings is 1. The molecule has 32 heavy (non-hydrogen) atoms. The number of hydrogen-bond acceptors (Lipinski definition) is 6. The molecule has 2 amide bonds. The van der Waals surface area contributed by atoms with Crippen molar-refractivity contribution in [1.29, 1.82) is 0 Å². The van der Waals surface area contributed by atoms with Gasteiger partial charge in [0.25, 0.3) is 0 Å². The van der Waals surface area contributed by atoms with Crippen LogP contribution in [0.4, 0.5) is 0 Å². The van der Waals surface area contributed by atoms with Crippen LogP contribution in [0.3, 0.4) is 0 Å². The van der Waals surface area contributed by atoms with E-state index in [-0.39, 0.29) is 13.1 Å². The number of carbonyl (C=O) groups excluding carboxylic acids is 3. The molecule has 4 rings (SSSR count). The fourth-order valence-electron chi connectivity index (χ4n) is 3.82. The quantitative estimate of drug-likeness (QED) is 0.631. The Kier molecular flexibility index (Phi) is 5.65. The van der Waals surface area contributed by atoms with E-state index in [1.165, 1.54) is 4.90 Å². The first-order valence-electron chi connectivity index (χ1n) is 10.3. The Morgan fingerprint density at radius 3 is 2.50 bits per heavy atom. The van der Waals surface area contributed by atoms with Crippen molar-refractivity contribution in [3.63, 3.8) is 0 Å². The molecule has 2 aliphatic rings. The number of carbonyl (C=O) groups is 4. The van der Waals surface area contributed by atoms with Crippen LogP contribution in [-0.2, 0) is 25.7 Å². The third-order valence-corrected chi connectivity index (χ3v) is 5.78. The second kappa shape index (κ2) is 8.41. The second-order valence-corrected chi connectivity index (χ2v) is 8.30. The number of likely N-dealkylation sites (tertiary alicyclic amines) is 1. The van der Waals surface area contributed by atoms with Gasteiger partial charge >= 0.3 is 5.97 Å². The molecule has 166 valence electrons. The molecule has 1 unspecified atom stereocenters. The molecule has 2 fully saturated rings. The number of ether oxygens (including phenoxy) is 1. The highest BCUT2D eigenvalue weighted by Gasteiger charge is 2.60. The molecule has 1 spiro atoms. The van der Waals surface area contributed by atoms with Crippen molar-refractivity contribution in [3.8, 4) is 11.6 Å². The highest BCUT2D eigenvalue weighted by atomic mass is 16.5. The van der Waals surface area contributed by atoms with Gasteiger partial charge in [-0.1, -0.05) is 23.8 Å². The van der Waals surface area contributed by atoms with Gasteiger partial charge in [0.1, 0.15) is 12.3 Å². The summed E-state index contributed by atoms with van der Waals surface area (Å²) in [4.78, 5) is 54.6. The van der Waals surface area contributed by atoms with E-state index < -0.39 is 41.4 Å². The van der Waals surface area contributed by atoms with Crippen molar-refractivity contribution in [2.45, 2.75) is 26.3 Å². The Hall–Kier alpha value is -3.75. The maximum Gasteiger partial charge on any atom is 0.322 e. The van der Waals surface area contributed by atoms with Gasteiger partial charge in [-0.2, -0.15) is 0 Å². The fourth-order valence-corrected chi connectivity index (χ4v) is 3.82. The number of aryl methyl sites for hydroxylation is 1. The summed E-state index contributed by atoms with van der Waals surface area (Å²) in [6.45, 7) is 1.77. The van der Waals surface area contributed by atoms with E-state index >= 15 is 0 Å². The van der Waals surface area contributed by atoms with Crippen LogP contribution >= 0.6 is 0 Å². The number of rotatable bonds is 7. The molecule has 0 radical (unpaired) electrons. The molecule has 2 N–H and O–H groups in total. The third kappa shape index (κ3) is 4.46. The molecule has 1 saturated heterocycles. The molecule has 1 aliphatic heterocycles. The minimum Gasteiger partial charge on any atom is -0.480 e. The molecule has 9 heteroatoms. The first-order chi connectivity index (χ1) is 15.3. The zero-order valence-corrected chi connectivity index (χ0v) is 17.5. The van der Waals surface area contributed by atoms with Crippen LogP contribution in [0.2, 0.25) is 0 Å². The number of hydrogen-bond donors (Lipinski definition) is 2. The van der Waals surface area contributed by atoms with Crippen LogP contribution in [0.5, 0.6) is 11.6 Å². The summed E-state index contributed by atoms with van der Waals surface area (Å²) in [6.07, 6.45) is 2.81. The summed E-state index contributed by atoms with van der Waals surface area (Å²) < 4.78 is 5.71. The molecular formula is C23H23N3O6. The van der Waals surface area contributed by atoms with Crippen LogP contribution in [0.25, 0.3) is 0 Å². The molecular weight excluding hydrogens is 414 g/mol. The Balaban J connectivity index is 1.45. The molecule has 1 aromatic carbocycles. The van der Waals surface area contributed by atoms with Crippen molar-refractivity contribution >= 4 is 23.6 Å². The topological polar surface area (TPSA) is 126 Å². The van der Waals surface area contributed by atoms with Crippen molar-refractivity contribution in [3.05, 3.63) is 53.7 Å². The summed E-state index contributed by atoms with van der Waals surface area (Å²) in [5.41, 5.74) is 1.14. The number of pyridine rings is 1. The zero-order chi connectivity index (χ0) is 22.9. The zero-order valence-electron chi connectivity index (χ0n) is 17.5. The summed E-state index contributed by atoms with van der Waals surface area (Å²) in [6, 6.07) is 11.0. The van der Waals surface area contributed by atoms with Crippen molar-refractivity contribution < 1.29 is 29.0 Å². The third-order valence-electron chi connectivity index (χ3n) is 5.78. The van der Waals surface area contributed by atoms with Gasteiger partial charge in [0, 0.05) is 30.8 Å². The van der Waals surface area contributed by atoms with Gasteiger partial charge < -0.3 is 20.1 Å². The Labute approximate surface area is 184 Å². The van der Waals surface area contributed by atoms with E-state index in [0.29, 0.717) is 24.5 Å². The average molecular weight is 437 g/mol. The molecule has 2 aromatic rings. The number of benzene rings is 1. The SMILES string of the molecule is Cc1ccc(Oc2ccc(CN3CC4(CC4)C(=O)C(C(=O)NCC(=O)O)C3=O)cn2)cc1. The van der Waals surface area contributed by atoms with Crippen LogP contribution < -0.4 is 10.1 Å². The Morgan fingerprint density at radius 2 is 1.91 bits per heavy atom. The average Bonchev–Trinajstić information content (AvgIpc) is 3.54. The second-order valence-electron chi connectivity index (χ2n) is 8.30. The van der Waals surface area contributed by atoms with E-state index in [9.17, 15) is 19.2 Å². The van der Waals surface area contributed by atoms with E-state index in [0.717, 1.165) is 11.1 Å². The molecule has 1 aliphatic carbocycles. The molecule has 1 atom stereocenters. The standard InChI is InChI=1S/C23H23N3O6/c1-14-2-5-16(6-3-14)32-17-7-4-15(10-24-17)12-26-13-23(8-9-23)20(29)19(22(26)31)21(30)25-11-18(27)28/h2-7,10,19H,8-9,11-13H2,1H3,(H,25,30)(H,27,28). The van der Waals surface area contributed by atoms with Crippen LogP contribution in [0.15, 0.2) is 42.6 Å². The van der Waals surface area contributed by atoms with E-state index in [1.807, 2.05) is 31.2 Å². The molecule has 0 bridgehead atoms. The van der Waals surface area contributed by atoms with E-state index in [2.05, 4.69) is 10.3 Å². The Bertz CT molecular complexity index is 1060. The Morgan fingerprint density at radius 1 is 1.19 bits per heavy atom. The number of amides is 2. The maximum atomic E-state index is 12.9. The first kappa shape index (κ1) is 21.5. The normalized spacial score (nSPS) is 19.0. The van der Waals surface area contributed by atoms with Gasteiger partial charge in [-0.05, 0) is 37.5 Å². The van der Waals surface area contributed by atoms with Crippen LogP contribution in [0.1, 0.15) is 24.0 Å². The lowest BCUT2D eigenvalue weighted by molar-refractivity contribution is -0.156. The van der Waals surface area contributed by atoms with E-state index in [1.54, 1.807) is 18.3 Å². The van der Waals surface area contributed by atoms with Crippen molar-refractivity contribution in [2.24, 2.45) is 11.3 Å². The lowest BCUT2D eigenvalue weighted by Gasteiger charge is -2.36. The van der Waals surface area contributed by atoms with Crippen molar-refractivity contribution in [1.82, 2.24) is 15.2 Å². The van der Waals surface area contributed by atoms with Crippen molar-refractivity contribution in [2.75, 3.05) is 13.1 Å². The van der Waals surface area contributed by atoms with Gasteiger partial charge in [0.2, 0.25) is 17.7 Å². The number of carboxylic acid groups (broad SMARTS) is 1. The predicted octanol–water partition coefficient (Wildman–Crippen LogP) is 1.69. The highest BCUT2D eigenvalue weighted by Crippen LogP contribution is 2.51. The fraction of sp³-hybridized carbons (Fsp3) is 0.348. The number of nitrogens with zero attached hydrogens (tertiary/aromatic N) is 2. The van der Waals surface area contributed by atoms with Gasteiger partial charge in [-0.3, -0.25) is 19.2 Å². The summed E-state index contributed by atoms with van der Waals surface area (Å²) in [5.74, 6) is -3.59. The molecule has 9 nitrogen and oxygen atoms in total. The van der Waals surface area contributed by atoms with Gasteiger partial charge in [0.05, 0.1) is 0 Å². The monoisotopic (exact) mass is 437 g/mol. The summed E-state index contributed by atoms with van der Waals surface area (Å²) >= 11 is 0. The predicted molar refractivity (Wildman–Crippen MR) is 112 cm³/mol. The minimum absolute atomic E-state index is 0.189. The number of aliphatic carboxylic acids is 1. The van der Waals surface area contributed by atoms with E-state index in [4.69, 9.17) is 9.84 Å². The number of nitrogens with one attached hydrogen (secondary N) is 1. The van der Waals surface area contributed by atoms with Gasteiger partial charge in [0.15, 0.2) is 11.7 Å². The largest absolute Gasteiger partial charge is 0.480 e. The van der Waals surface area contributed by atoms with Crippen LogP contribution in [-0.4, -0.2) is 51.6 Å². The smallest absolute Gasteiger partial charge is 0.322 e. The maximum absolute atomic E-state index is 12.9. The molecule has 1 saturated carbocycles.